The first-order valence-corrected chi connectivity index (χ1v) is 12.2. The Labute approximate surface area is 221 Å². The number of nitriles is 1. The van der Waals surface area contributed by atoms with Gasteiger partial charge in [-0.1, -0.05) is 6.07 Å². The highest BCUT2D eigenvalue weighted by Gasteiger charge is 2.34. The van der Waals surface area contributed by atoms with Crippen molar-refractivity contribution >= 4 is 22.4 Å². The summed E-state index contributed by atoms with van der Waals surface area (Å²) >= 11 is 0. The van der Waals surface area contributed by atoms with Crippen molar-refractivity contribution in [2.24, 2.45) is 0 Å². The van der Waals surface area contributed by atoms with Crippen molar-refractivity contribution in [1.29, 1.82) is 5.26 Å². The second kappa shape index (κ2) is 10.5. The largest absolute Gasteiger partial charge is 0.434 e. The minimum Gasteiger partial charge on any atom is -0.434 e. The average Bonchev–Trinajstić information content (AvgIpc) is 3.29. The second-order valence-corrected chi connectivity index (χ2v) is 9.48. The number of aryl methyl sites for hydroxylation is 1. The summed E-state index contributed by atoms with van der Waals surface area (Å²) in [7, 11) is 1.98. The fraction of sp³-hybridized carbons (Fsp3) is 0.296. The molecule has 2 aromatic heterocycles. The van der Waals surface area contributed by atoms with Crippen molar-refractivity contribution in [1.82, 2.24) is 24.8 Å². The lowest BCUT2D eigenvalue weighted by atomic mass is 10.0. The maximum absolute atomic E-state index is 15.0. The highest BCUT2D eigenvalue weighted by molar-refractivity contribution is 5.83. The summed E-state index contributed by atoms with van der Waals surface area (Å²) in [6, 6.07) is 10.5. The van der Waals surface area contributed by atoms with Gasteiger partial charge in [-0.25, -0.2) is 14.4 Å². The first-order chi connectivity index (χ1) is 18.6. The van der Waals surface area contributed by atoms with Crippen LogP contribution in [-0.4, -0.2) is 58.0 Å². The Morgan fingerprint density at radius 2 is 1.87 bits per heavy atom. The van der Waals surface area contributed by atoms with Crippen LogP contribution in [0.3, 0.4) is 0 Å². The van der Waals surface area contributed by atoms with Crippen LogP contribution in [0.15, 0.2) is 42.7 Å². The van der Waals surface area contributed by atoms with Crippen molar-refractivity contribution in [3.05, 3.63) is 70.9 Å². The Morgan fingerprint density at radius 3 is 2.59 bits per heavy atom. The number of halogens is 4. The molecule has 1 aliphatic rings. The molecule has 0 unspecified atom stereocenters. The summed E-state index contributed by atoms with van der Waals surface area (Å²) in [5.41, 5.74) is 0.640. The van der Waals surface area contributed by atoms with Crippen molar-refractivity contribution < 1.29 is 22.3 Å². The van der Waals surface area contributed by atoms with Crippen LogP contribution in [0.4, 0.5) is 29.1 Å². The summed E-state index contributed by atoms with van der Waals surface area (Å²) in [5.74, 6) is -1.10. The Morgan fingerprint density at radius 1 is 1.10 bits per heavy atom. The lowest BCUT2D eigenvalue weighted by Gasteiger charge is -2.33. The topological polar surface area (TPSA) is 93.1 Å². The molecule has 4 aromatic rings. The molecule has 2 aromatic carbocycles. The predicted octanol–water partition coefficient (Wildman–Crippen LogP) is 5.58. The number of hydrogen-bond donors (Lipinski definition) is 2. The number of aromatic amines is 1. The van der Waals surface area contributed by atoms with Crippen LogP contribution in [-0.2, 0) is 12.7 Å². The molecule has 0 saturated carbocycles. The summed E-state index contributed by atoms with van der Waals surface area (Å²) < 4.78 is 62.6. The molecule has 5 rings (SSSR count). The standard InChI is InChI=1S/C27H25F4N7O/c1-16-11-19-22(35-16)5-6-23(24(19)28)39-26-20(13-32)25(33-15-34-26)36-18-4-3-17(21(12-18)27(29,30)31)14-38-9-7-37(2)8-10-38/h3-6,11-12,15,35H,7-10,14H2,1-2H3,(H,33,34,36). The molecular formula is C27H25F4N7O. The number of rotatable bonds is 6. The molecule has 1 aliphatic heterocycles. The van der Waals surface area contributed by atoms with E-state index >= 15 is 4.39 Å². The fourth-order valence-electron chi connectivity index (χ4n) is 4.55. The molecule has 202 valence electrons. The third-order valence-corrected chi connectivity index (χ3v) is 6.64. The number of H-pyrrole nitrogens is 1. The second-order valence-electron chi connectivity index (χ2n) is 9.48. The number of piperazine rings is 1. The van der Waals surface area contributed by atoms with Crippen LogP contribution in [0, 0.1) is 24.1 Å². The van der Waals surface area contributed by atoms with Gasteiger partial charge in [-0.2, -0.15) is 18.4 Å². The van der Waals surface area contributed by atoms with Crippen molar-refractivity contribution in [3.8, 4) is 17.7 Å². The van der Waals surface area contributed by atoms with Gasteiger partial charge in [0.05, 0.1) is 5.56 Å². The number of benzene rings is 2. The van der Waals surface area contributed by atoms with Crippen LogP contribution in [0.25, 0.3) is 10.9 Å². The minimum absolute atomic E-state index is 0.0681. The molecule has 1 fully saturated rings. The summed E-state index contributed by atoms with van der Waals surface area (Å²) in [6.45, 7) is 4.91. The van der Waals surface area contributed by atoms with Gasteiger partial charge in [0.2, 0.25) is 5.88 Å². The van der Waals surface area contributed by atoms with Crippen molar-refractivity contribution in [2.45, 2.75) is 19.6 Å². The Balaban J connectivity index is 1.42. The number of aromatic nitrogens is 3. The van der Waals surface area contributed by atoms with E-state index in [0.717, 1.165) is 31.2 Å². The number of nitrogens with zero attached hydrogens (tertiary/aromatic N) is 5. The molecule has 0 atom stereocenters. The summed E-state index contributed by atoms with van der Waals surface area (Å²) in [6.07, 6.45) is -3.49. The van der Waals surface area contributed by atoms with Crippen molar-refractivity contribution in [3.63, 3.8) is 0 Å². The molecule has 0 aliphatic carbocycles. The van der Waals surface area contributed by atoms with Crippen LogP contribution in [0.5, 0.6) is 11.6 Å². The van der Waals surface area contributed by atoms with Crippen LogP contribution >= 0.6 is 0 Å². The fourth-order valence-corrected chi connectivity index (χ4v) is 4.55. The molecule has 0 bridgehead atoms. The van der Waals surface area contributed by atoms with E-state index < -0.39 is 17.6 Å². The van der Waals surface area contributed by atoms with Crippen LogP contribution in [0.1, 0.15) is 22.4 Å². The number of likely N-dealkylation sites (N-methyl/N-ethyl adjacent to an activating group) is 1. The zero-order valence-corrected chi connectivity index (χ0v) is 21.2. The number of anilines is 2. The molecule has 12 heteroatoms. The van der Waals surface area contributed by atoms with Gasteiger partial charge in [-0.15, -0.1) is 0 Å². The van der Waals surface area contributed by atoms with E-state index in [-0.39, 0.29) is 40.8 Å². The van der Waals surface area contributed by atoms with Gasteiger partial charge in [0.25, 0.3) is 0 Å². The van der Waals surface area contributed by atoms with Gasteiger partial charge in [-0.3, -0.25) is 4.90 Å². The number of ether oxygens (including phenoxy) is 1. The third-order valence-electron chi connectivity index (χ3n) is 6.64. The smallest absolute Gasteiger partial charge is 0.416 e. The highest BCUT2D eigenvalue weighted by atomic mass is 19.4. The van der Waals surface area contributed by atoms with E-state index in [1.807, 2.05) is 18.0 Å². The van der Waals surface area contributed by atoms with E-state index in [4.69, 9.17) is 4.74 Å². The first kappa shape index (κ1) is 26.4. The third kappa shape index (κ3) is 5.64. The lowest BCUT2D eigenvalue weighted by molar-refractivity contribution is -0.138. The average molecular weight is 540 g/mol. The Bertz CT molecular complexity index is 1550. The zero-order chi connectivity index (χ0) is 27.7. The normalized spacial score (nSPS) is 14.9. The van der Waals surface area contributed by atoms with E-state index in [2.05, 4.69) is 25.2 Å². The van der Waals surface area contributed by atoms with E-state index in [1.54, 1.807) is 19.1 Å². The van der Waals surface area contributed by atoms with Crippen LogP contribution < -0.4 is 10.1 Å². The SMILES string of the molecule is Cc1cc2c(F)c(Oc3ncnc(Nc4ccc(CN5CCN(C)CC5)c(C(F)(F)F)c4)c3C#N)ccc2[nH]1. The predicted molar refractivity (Wildman–Crippen MR) is 137 cm³/mol. The van der Waals surface area contributed by atoms with Gasteiger partial charge >= 0.3 is 6.18 Å². The summed E-state index contributed by atoms with van der Waals surface area (Å²) in [5, 5.41) is 12.9. The lowest BCUT2D eigenvalue weighted by Crippen LogP contribution is -2.44. The molecule has 2 N–H and O–H groups in total. The number of fused-ring (bicyclic) bond motifs is 1. The van der Waals surface area contributed by atoms with E-state index in [9.17, 15) is 18.4 Å². The Kier molecular flexibility index (Phi) is 7.12. The van der Waals surface area contributed by atoms with Gasteiger partial charge in [-0.05, 0) is 49.9 Å². The molecule has 0 spiro atoms. The summed E-state index contributed by atoms with van der Waals surface area (Å²) in [4.78, 5) is 15.1. The molecular weight excluding hydrogens is 514 g/mol. The van der Waals surface area contributed by atoms with Crippen molar-refractivity contribution in [2.75, 3.05) is 38.5 Å². The first-order valence-electron chi connectivity index (χ1n) is 12.2. The number of alkyl halides is 3. The molecule has 3 heterocycles. The molecule has 0 radical (unpaired) electrons. The van der Waals surface area contributed by atoms with Gasteiger partial charge < -0.3 is 19.9 Å². The van der Waals surface area contributed by atoms with Gasteiger partial charge in [0, 0.05) is 55.0 Å². The maximum Gasteiger partial charge on any atom is 0.416 e. The monoisotopic (exact) mass is 539 g/mol. The Hall–Kier alpha value is -4.21. The van der Waals surface area contributed by atoms with E-state index in [1.165, 1.54) is 18.2 Å². The van der Waals surface area contributed by atoms with E-state index in [0.29, 0.717) is 24.0 Å². The zero-order valence-electron chi connectivity index (χ0n) is 21.2. The highest BCUT2D eigenvalue weighted by Crippen LogP contribution is 2.36. The molecule has 39 heavy (non-hydrogen) atoms. The molecule has 8 nitrogen and oxygen atoms in total. The number of hydrogen-bond acceptors (Lipinski definition) is 7. The van der Waals surface area contributed by atoms with Gasteiger partial charge in [0.15, 0.2) is 22.9 Å². The van der Waals surface area contributed by atoms with Crippen LogP contribution in [0.2, 0.25) is 0 Å². The maximum atomic E-state index is 15.0. The quantitative estimate of drug-likeness (QED) is 0.309. The molecule has 1 saturated heterocycles. The minimum atomic E-state index is -4.58. The number of nitrogens with one attached hydrogen (secondary N) is 2. The van der Waals surface area contributed by atoms with Gasteiger partial charge in [0.1, 0.15) is 12.4 Å². The molecule has 0 amide bonds.